The van der Waals surface area contributed by atoms with Crippen molar-refractivity contribution in [3.8, 4) is 5.75 Å². The third-order valence-corrected chi connectivity index (χ3v) is 4.78. The molecular weight excluding hydrogens is 328 g/mol. The first-order valence-corrected chi connectivity index (χ1v) is 9.25. The Hall–Kier alpha value is -2.83. The number of rotatable bonds is 5. The largest absolute Gasteiger partial charge is 0.508 e. The number of anilines is 3. The van der Waals surface area contributed by atoms with Gasteiger partial charge in [-0.1, -0.05) is 12.1 Å². The molecule has 0 atom stereocenters. The van der Waals surface area contributed by atoms with Crippen LogP contribution in [0.1, 0.15) is 31.2 Å². The van der Waals surface area contributed by atoms with Crippen LogP contribution in [0.25, 0.3) is 0 Å². The third kappa shape index (κ3) is 3.87. The molecular formula is C19H24N6O. The van der Waals surface area contributed by atoms with Crippen LogP contribution in [0.15, 0.2) is 35.4 Å². The van der Waals surface area contributed by atoms with Gasteiger partial charge in [-0.25, -0.2) is 0 Å². The number of hydrazone groups is 1. The average molecular weight is 352 g/mol. The molecule has 0 bridgehead atoms. The second-order valence-corrected chi connectivity index (χ2v) is 6.76. The van der Waals surface area contributed by atoms with Gasteiger partial charge in [0.2, 0.25) is 5.95 Å². The lowest BCUT2D eigenvalue weighted by molar-refractivity contribution is 0.475. The number of aromatic hydroxyl groups is 1. The minimum Gasteiger partial charge on any atom is -0.508 e. The quantitative estimate of drug-likeness (QED) is 0.636. The van der Waals surface area contributed by atoms with Gasteiger partial charge in [0.15, 0.2) is 5.82 Å². The predicted molar refractivity (Wildman–Crippen MR) is 104 cm³/mol. The van der Waals surface area contributed by atoms with Gasteiger partial charge in [0.05, 0.1) is 6.21 Å². The molecule has 0 amide bonds. The van der Waals surface area contributed by atoms with Crippen molar-refractivity contribution in [1.82, 2.24) is 9.97 Å². The zero-order chi connectivity index (χ0) is 17.8. The zero-order valence-electron chi connectivity index (χ0n) is 14.8. The van der Waals surface area contributed by atoms with E-state index < -0.39 is 0 Å². The van der Waals surface area contributed by atoms with Crippen molar-refractivity contribution in [3.63, 3.8) is 0 Å². The molecule has 136 valence electrons. The number of nitrogens with one attached hydrogen (secondary N) is 1. The van der Waals surface area contributed by atoms with E-state index in [2.05, 4.69) is 25.3 Å². The van der Waals surface area contributed by atoms with Gasteiger partial charge < -0.3 is 14.9 Å². The van der Waals surface area contributed by atoms with E-state index in [4.69, 9.17) is 4.98 Å². The van der Waals surface area contributed by atoms with E-state index in [-0.39, 0.29) is 5.75 Å². The topological polar surface area (TPSA) is 76.9 Å². The molecule has 2 saturated heterocycles. The summed E-state index contributed by atoms with van der Waals surface area (Å²) in [6.07, 6.45) is 6.47. The Bertz CT molecular complexity index is 747. The molecule has 1 aromatic carbocycles. The summed E-state index contributed by atoms with van der Waals surface area (Å²) in [7, 11) is 0. The van der Waals surface area contributed by atoms with Gasteiger partial charge >= 0.3 is 0 Å². The van der Waals surface area contributed by atoms with Gasteiger partial charge in [-0.2, -0.15) is 15.1 Å². The number of aromatic nitrogens is 2. The lowest BCUT2D eigenvalue weighted by Crippen LogP contribution is -2.24. The predicted octanol–water partition coefficient (Wildman–Crippen LogP) is 2.83. The smallest absolute Gasteiger partial charge is 0.229 e. The van der Waals surface area contributed by atoms with E-state index in [0.717, 1.165) is 43.5 Å². The molecule has 0 aliphatic carbocycles. The zero-order valence-corrected chi connectivity index (χ0v) is 14.8. The van der Waals surface area contributed by atoms with E-state index in [0.29, 0.717) is 5.82 Å². The molecule has 0 unspecified atom stereocenters. The molecule has 3 heterocycles. The molecule has 2 fully saturated rings. The van der Waals surface area contributed by atoms with E-state index in [1.54, 1.807) is 24.4 Å². The molecule has 4 rings (SSSR count). The first-order valence-electron chi connectivity index (χ1n) is 9.25. The fourth-order valence-electron chi connectivity index (χ4n) is 3.42. The fraction of sp³-hybridized carbons (Fsp3) is 0.421. The Morgan fingerprint density at radius 3 is 2.42 bits per heavy atom. The van der Waals surface area contributed by atoms with E-state index >= 15 is 0 Å². The summed E-state index contributed by atoms with van der Waals surface area (Å²) < 4.78 is 0. The van der Waals surface area contributed by atoms with Crippen LogP contribution >= 0.6 is 0 Å². The van der Waals surface area contributed by atoms with Crippen LogP contribution in [-0.4, -0.2) is 47.5 Å². The second-order valence-electron chi connectivity index (χ2n) is 6.76. The van der Waals surface area contributed by atoms with Crippen molar-refractivity contribution in [1.29, 1.82) is 0 Å². The normalized spacial score (nSPS) is 17.4. The van der Waals surface area contributed by atoms with E-state index in [9.17, 15) is 5.11 Å². The number of hydrogen-bond donors (Lipinski definition) is 2. The SMILES string of the molecule is Oc1cccc(C=NNc2cc(N3CCCC3)nc(N3CCCC3)n2)c1. The summed E-state index contributed by atoms with van der Waals surface area (Å²) >= 11 is 0. The first kappa shape index (κ1) is 16.6. The first-order chi connectivity index (χ1) is 12.8. The molecule has 2 aromatic rings. The molecule has 0 saturated carbocycles. The maximum Gasteiger partial charge on any atom is 0.229 e. The second kappa shape index (κ2) is 7.59. The van der Waals surface area contributed by atoms with Gasteiger partial charge in [0.1, 0.15) is 11.6 Å². The highest BCUT2D eigenvalue weighted by molar-refractivity contribution is 5.80. The molecule has 7 nitrogen and oxygen atoms in total. The summed E-state index contributed by atoms with van der Waals surface area (Å²) in [5, 5.41) is 13.8. The molecule has 7 heteroatoms. The summed E-state index contributed by atoms with van der Waals surface area (Å²) in [4.78, 5) is 14.0. The van der Waals surface area contributed by atoms with Gasteiger partial charge in [-0.3, -0.25) is 5.43 Å². The summed E-state index contributed by atoms with van der Waals surface area (Å²) in [6, 6.07) is 8.94. The third-order valence-electron chi connectivity index (χ3n) is 4.78. The molecule has 0 spiro atoms. The number of phenolic OH excluding ortho intramolecular Hbond substituents is 1. The maximum absolute atomic E-state index is 9.53. The van der Waals surface area contributed by atoms with Gasteiger partial charge in [-0.15, -0.1) is 0 Å². The Kier molecular flexibility index (Phi) is 4.86. The van der Waals surface area contributed by atoms with Crippen LogP contribution in [0, 0.1) is 0 Å². The van der Waals surface area contributed by atoms with Crippen LogP contribution < -0.4 is 15.2 Å². The standard InChI is InChI=1S/C19H24N6O/c26-16-7-5-6-15(12-16)14-20-23-17-13-18(24-8-1-2-9-24)22-19(21-17)25-10-3-4-11-25/h5-7,12-14,26H,1-4,8-11H2,(H,21,22,23). The Morgan fingerprint density at radius 1 is 0.962 bits per heavy atom. The highest BCUT2D eigenvalue weighted by Crippen LogP contribution is 2.25. The van der Waals surface area contributed by atoms with Crippen LogP contribution in [0.3, 0.4) is 0 Å². The lowest BCUT2D eigenvalue weighted by Gasteiger charge is -2.21. The summed E-state index contributed by atoms with van der Waals surface area (Å²) in [5.41, 5.74) is 3.85. The van der Waals surface area contributed by atoms with Crippen molar-refractivity contribution >= 4 is 23.8 Å². The Morgan fingerprint density at radius 2 is 1.69 bits per heavy atom. The molecule has 2 aliphatic heterocycles. The summed E-state index contributed by atoms with van der Waals surface area (Å²) in [6.45, 7) is 4.11. The van der Waals surface area contributed by atoms with Crippen LogP contribution in [0.5, 0.6) is 5.75 Å². The fourth-order valence-corrected chi connectivity index (χ4v) is 3.42. The van der Waals surface area contributed by atoms with Crippen LogP contribution in [-0.2, 0) is 0 Å². The lowest BCUT2D eigenvalue weighted by atomic mass is 10.2. The number of nitrogens with zero attached hydrogens (tertiary/aromatic N) is 5. The maximum atomic E-state index is 9.53. The van der Waals surface area contributed by atoms with Crippen molar-refractivity contribution in [3.05, 3.63) is 35.9 Å². The summed E-state index contributed by atoms with van der Waals surface area (Å²) in [5.74, 6) is 2.67. The minimum absolute atomic E-state index is 0.226. The Labute approximate surface area is 153 Å². The average Bonchev–Trinajstić information content (AvgIpc) is 3.36. The monoisotopic (exact) mass is 352 g/mol. The van der Waals surface area contributed by atoms with E-state index in [1.165, 1.54) is 25.7 Å². The highest BCUT2D eigenvalue weighted by atomic mass is 16.3. The molecule has 2 N–H and O–H groups in total. The van der Waals surface area contributed by atoms with Crippen molar-refractivity contribution in [2.75, 3.05) is 41.4 Å². The number of benzene rings is 1. The molecule has 2 aliphatic rings. The van der Waals surface area contributed by atoms with Crippen molar-refractivity contribution < 1.29 is 5.11 Å². The van der Waals surface area contributed by atoms with Gasteiger partial charge in [-0.05, 0) is 43.4 Å². The van der Waals surface area contributed by atoms with E-state index in [1.807, 2.05) is 12.1 Å². The van der Waals surface area contributed by atoms with Gasteiger partial charge in [0, 0.05) is 32.2 Å². The Balaban J connectivity index is 1.55. The number of hydrogen-bond acceptors (Lipinski definition) is 7. The highest BCUT2D eigenvalue weighted by Gasteiger charge is 2.20. The van der Waals surface area contributed by atoms with Crippen molar-refractivity contribution in [2.45, 2.75) is 25.7 Å². The van der Waals surface area contributed by atoms with Crippen molar-refractivity contribution in [2.24, 2.45) is 5.10 Å². The van der Waals surface area contributed by atoms with Crippen LogP contribution in [0.2, 0.25) is 0 Å². The number of phenols is 1. The van der Waals surface area contributed by atoms with Gasteiger partial charge in [0.25, 0.3) is 0 Å². The molecule has 1 aromatic heterocycles. The van der Waals surface area contributed by atoms with Crippen LogP contribution in [0.4, 0.5) is 17.6 Å². The molecule has 26 heavy (non-hydrogen) atoms. The molecule has 0 radical (unpaired) electrons. The minimum atomic E-state index is 0.226.